The van der Waals surface area contributed by atoms with Crippen molar-refractivity contribution in [3.63, 3.8) is 0 Å². The average molecular weight is 429 g/mol. The molecule has 0 N–H and O–H groups in total. The van der Waals surface area contributed by atoms with Gasteiger partial charge < -0.3 is 9.47 Å². The van der Waals surface area contributed by atoms with Gasteiger partial charge in [-0.1, -0.05) is 41.9 Å². The van der Waals surface area contributed by atoms with Crippen molar-refractivity contribution < 1.29 is 14.3 Å². The molecule has 2 aromatic carbocycles. The zero-order valence-electron chi connectivity index (χ0n) is 17.4. The van der Waals surface area contributed by atoms with Gasteiger partial charge in [-0.15, -0.1) is 0 Å². The van der Waals surface area contributed by atoms with E-state index in [4.69, 9.17) is 21.1 Å². The number of carbonyl (C=O) groups excluding carboxylic acids is 1. The van der Waals surface area contributed by atoms with Crippen molar-refractivity contribution in [2.24, 2.45) is 0 Å². The van der Waals surface area contributed by atoms with E-state index < -0.39 is 0 Å². The molecular formula is C24H29ClN2O3. The normalized spacial score (nSPS) is 20.6. The molecule has 30 heavy (non-hydrogen) atoms. The highest BCUT2D eigenvalue weighted by Gasteiger charge is 2.39. The van der Waals surface area contributed by atoms with Gasteiger partial charge in [0.1, 0.15) is 0 Å². The lowest BCUT2D eigenvalue weighted by atomic mass is 9.89. The number of rotatable bonds is 6. The minimum atomic E-state index is -0.296. The largest absolute Gasteiger partial charge is 0.379 e. The Labute approximate surface area is 183 Å². The van der Waals surface area contributed by atoms with E-state index in [1.807, 2.05) is 31.2 Å². The second kappa shape index (κ2) is 10.0. The average Bonchev–Trinajstić information content (AvgIpc) is 2.80. The first-order valence-electron chi connectivity index (χ1n) is 10.6. The number of ether oxygens (including phenoxy) is 2. The van der Waals surface area contributed by atoms with E-state index in [0.29, 0.717) is 37.0 Å². The first-order chi connectivity index (χ1) is 14.6. The van der Waals surface area contributed by atoms with Gasteiger partial charge in [-0.2, -0.15) is 0 Å². The first-order valence-corrected chi connectivity index (χ1v) is 11.0. The van der Waals surface area contributed by atoms with Crippen molar-refractivity contribution in [3.8, 4) is 0 Å². The van der Waals surface area contributed by atoms with Crippen LogP contribution in [-0.2, 0) is 9.47 Å². The third-order valence-corrected chi connectivity index (χ3v) is 6.45. The molecular weight excluding hydrogens is 400 g/mol. The molecule has 0 spiro atoms. The summed E-state index contributed by atoms with van der Waals surface area (Å²) in [7, 11) is 0. The van der Waals surface area contributed by atoms with Crippen LogP contribution >= 0.6 is 11.6 Å². The zero-order chi connectivity index (χ0) is 20.9. The highest BCUT2D eigenvalue weighted by atomic mass is 35.5. The van der Waals surface area contributed by atoms with Gasteiger partial charge in [0, 0.05) is 36.8 Å². The van der Waals surface area contributed by atoms with Crippen LogP contribution in [0.5, 0.6) is 0 Å². The summed E-state index contributed by atoms with van der Waals surface area (Å²) in [5, 5.41) is 0.683. The molecule has 2 aliphatic rings. The van der Waals surface area contributed by atoms with E-state index in [-0.39, 0.29) is 17.9 Å². The van der Waals surface area contributed by atoms with Gasteiger partial charge in [0.05, 0.1) is 38.5 Å². The van der Waals surface area contributed by atoms with Crippen LogP contribution in [-0.4, -0.2) is 74.2 Å². The van der Waals surface area contributed by atoms with E-state index in [1.54, 1.807) is 0 Å². The molecule has 0 unspecified atom stereocenters. The summed E-state index contributed by atoms with van der Waals surface area (Å²) in [5.41, 5.74) is 2.79. The van der Waals surface area contributed by atoms with Crippen molar-refractivity contribution in [1.29, 1.82) is 0 Å². The van der Waals surface area contributed by atoms with Crippen molar-refractivity contribution >= 4 is 17.4 Å². The molecule has 2 aliphatic heterocycles. The summed E-state index contributed by atoms with van der Waals surface area (Å²) in [6.45, 7) is 7.73. The highest BCUT2D eigenvalue weighted by Crippen LogP contribution is 2.32. The lowest BCUT2D eigenvalue weighted by molar-refractivity contribution is -0.0301. The number of carbonyl (C=O) groups is 1. The second-order valence-electron chi connectivity index (χ2n) is 7.93. The fourth-order valence-electron chi connectivity index (χ4n) is 4.43. The Morgan fingerprint density at radius 3 is 2.10 bits per heavy atom. The molecule has 0 radical (unpaired) electrons. The third kappa shape index (κ3) is 4.76. The molecule has 6 heteroatoms. The molecule has 0 saturated carbocycles. The lowest BCUT2D eigenvalue weighted by Crippen LogP contribution is -2.55. The SMILES string of the molecule is Cc1cc(C(=O)[C@@H]([C@@H](c2ccccc2)N2CCOCC2)N2CCOCC2)ccc1Cl. The van der Waals surface area contributed by atoms with Gasteiger partial charge in [0.15, 0.2) is 5.78 Å². The van der Waals surface area contributed by atoms with E-state index in [2.05, 4.69) is 34.1 Å². The van der Waals surface area contributed by atoms with Gasteiger partial charge in [0.25, 0.3) is 0 Å². The predicted octanol–water partition coefficient (Wildman–Crippen LogP) is 3.61. The monoisotopic (exact) mass is 428 g/mol. The van der Waals surface area contributed by atoms with Crippen LogP contribution in [0.1, 0.15) is 27.5 Å². The molecule has 0 aromatic heterocycles. The van der Waals surface area contributed by atoms with Crippen LogP contribution in [0, 0.1) is 6.92 Å². The lowest BCUT2D eigenvalue weighted by Gasteiger charge is -2.44. The van der Waals surface area contributed by atoms with Crippen LogP contribution in [0.2, 0.25) is 5.02 Å². The number of aryl methyl sites for hydroxylation is 1. The Kier molecular flexibility index (Phi) is 7.18. The van der Waals surface area contributed by atoms with Crippen LogP contribution in [0.3, 0.4) is 0 Å². The minimum absolute atomic E-state index is 0.0447. The molecule has 2 heterocycles. The molecule has 2 fully saturated rings. The standard InChI is InChI=1S/C24H29ClN2O3/c1-18-17-20(7-8-21(18)25)24(28)23(27-11-15-30-16-12-27)22(19-5-3-2-4-6-19)26-9-13-29-14-10-26/h2-8,17,22-23H,9-16H2,1H3/t22-,23-/m1/s1. The Balaban J connectivity index is 1.76. The first kappa shape index (κ1) is 21.5. The number of hydrogen-bond donors (Lipinski definition) is 0. The minimum Gasteiger partial charge on any atom is -0.379 e. The number of nitrogens with zero attached hydrogens (tertiary/aromatic N) is 2. The number of Topliss-reactive ketones (excluding diaryl/α,β-unsaturated/α-hetero) is 1. The number of halogens is 1. The maximum absolute atomic E-state index is 14.0. The molecule has 0 aliphatic carbocycles. The smallest absolute Gasteiger partial charge is 0.181 e. The van der Waals surface area contributed by atoms with E-state index >= 15 is 0 Å². The van der Waals surface area contributed by atoms with E-state index in [9.17, 15) is 4.79 Å². The summed E-state index contributed by atoms with van der Waals surface area (Å²) < 4.78 is 11.2. The van der Waals surface area contributed by atoms with Gasteiger partial charge >= 0.3 is 0 Å². The number of morpholine rings is 2. The summed E-state index contributed by atoms with van der Waals surface area (Å²) in [5.74, 6) is 0.136. The predicted molar refractivity (Wildman–Crippen MR) is 118 cm³/mol. The van der Waals surface area contributed by atoms with Crippen LogP contribution in [0.15, 0.2) is 48.5 Å². The van der Waals surface area contributed by atoms with E-state index in [1.165, 1.54) is 0 Å². The Hall–Kier alpha value is -1.76. The zero-order valence-corrected chi connectivity index (χ0v) is 18.2. The number of benzene rings is 2. The Bertz CT molecular complexity index is 849. The van der Waals surface area contributed by atoms with Gasteiger partial charge in [-0.05, 0) is 36.2 Å². The molecule has 2 atom stereocenters. The summed E-state index contributed by atoms with van der Waals surface area (Å²) in [6, 6.07) is 15.6. The number of ketones is 1. The van der Waals surface area contributed by atoms with Crippen molar-refractivity contribution in [2.75, 3.05) is 52.6 Å². The highest BCUT2D eigenvalue weighted by molar-refractivity contribution is 6.31. The molecule has 0 amide bonds. The fourth-order valence-corrected chi connectivity index (χ4v) is 4.55. The van der Waals surface area contributed by atoms with Crippen molar-refractivity contribution in [2.45, 2.75) is 19.0 Å². The summed E-state index contributed by atoms with van der Waals surface area (Å²) in [6.07, 6.45) is 0. The van der Waals surface area contributed by atoms with Crippen LogP contribution < -0.4 is 0 Å². The Morgan fingerprint density at radius 2 is 1.50 bits per heavy atom. The van der Waals surface area contributed by atoms with Crippen LogP contribution in [0.25, 0.3) is 0 Å². The number of hydrogen-bond acceptors (Lipinski definition) is 5. The molecule has 160 valence electrons. The maximum atomic E-state index is 14.0. The molecule has 0 bridgehead atoms. The third-order valence-electron chi connectivity index (χ3n) is 6.03. The van der Waals surface area contributed by atoms with Gasteiger partial charge in [0.2, 0.25) is 0 Å². The Morgan fingerprint density at radius 1 is 0.900 bits per heavy atom. The maximum Gasteiger partial charge on any atom is 0.181 e. The quantitative estimate of drug-likeness (QED) is 0.657. The van der Waals surface area contributed by atoms with Gasteiger partial charge in [-0.3, -0.25) is 14.6 Å². The van der Waals surface area contributed by atoms with Crippen LogP contribution in [0.4, 0.5) is 0 Å². The molecule has 4 rings (SSSR count). The molecule has 2 saturated heterocycles. The molecule has 5 nitrogen and oxygen atoms in total. The second-order valence-corrected chi connectivity index (χ2v) is 8.33. The van der Waals surface area contributed by atoms with Gasteiger partial charge in [-0.25, -0.2) is 0 Å². The molecule has 2 aromatic rings. The topological polar surface area (TPSA) is 42.0 Å². The summed E-state index contributed by atoms with van der Waals surface area (Å²) >= 11 is 6.23. The summed E-state index contributed by atoms with van der Waals surface area (Å²) in [4.78, 5) is 18.7. The van der Waals surface area contributed by atoms with Crippen molar-refractivity contribution in [1.82, 2.24) is 9.80 Å². The van der Waals surface area contributed by atoms with E-state index in [0.717, 1.165) is 37.3 Å². The van der Waals surface area contributed by atoms with Crippen molar-refractivity contribution in [3.05, 3.63) is 70.2 Å². The fraction of sp³-hybridized carbons (Fsp3) is 0.458.